The molecule has 32 heavy (non-hydrogen) atoms. The Kier molecular flexibility index (Phi) is 8.37. The molecular weight excluding hydrogens is 406 g/mol. The number of esters is 1. The van der Waals surface area contributed by atoms with Crippen molar-refractivity contribution in [2.75, 3.05) is 7.11 Å². The number of hydrogen-bond acceptors (Lipinski definition) is 5. The molecule has 0 saturated heterocycles. The van der Waals surface area contributed by atoms with Gasteiger partial charge in [-0.15, -0.1) is 0 Å². The summed E-state index contributed by atoms with van der Waals surface area (Å²) < 4.78 is 10.9. The third kappa shape index (κ3) is 6.15. The van der Waals surface area contributed by atoms with Gasteiger partial charge in [0, 0.05) is 38.1 Å². The van der Waals surface area contributed by atoms with Crippen LogP contribution in [-0.4, -0.2) is 35.1 Å². The maximum absolute atomic E-state index is 12.9. The van der Waals surface area contributed by atoms with Crippen LogP contribution < -0.4 is 4.74 Å². The van der Waals surface area contributed by atoms with Crippen LogP contribution in [-0.2, 0) is 20.7 Å². The summed E-state index contributed by atoms with van der Waals surface area (Å²) in [6.45, 7) is 3.63. The highest BCUT2D eigenvalue weighted by atomic mass is 16.5. The summed E-state index contributed by atoms with van der Waals surface area (Å²) in [5, 5.41) is 9.76. The molecule has 0 amide bonds. The quantitative estimate of drug-likeness (QED) is 0.497. The first-order chi connectivity index (χ1) is 15.4. The number of carbonyl (C=O) groups excluding carboxylic acids is 2. The molecule has 0 bridgehead atoms. The first kappa shape index (κ1) is 23.9. The van der Waals surface area contributed by atoms with Crippen molar-refractivity contribution in [3.05, 3.63) is 47.8 Å². The molecular formula is C26H35NO5. The molecule has 0 aliphatic heterocycles. The molecule has 1 aliphatic rings. The van der Waals surface area contributed by atoms with Crippen LogP contribution in [0.15, 0.2) is 36.7 Å². The van der Waals surface area contributed by atoms with Gasteiger partial charge in [0.2, 0.25) is 0 Å². The molecule has 3 rings (SSSR count). The van der Waals surface area contributed by atoms with Crippen molar-refractivity contribution < 1.29 is 24.2 Å². The van der Waals surface area contributed by atoms with Gasteiger partial charge in [0.1, 0.15) is 11.9 Å². The lowest BCUT2D eigenvalue weighted by molar-refractivity contribution is -0.152. The normalized spacial score (nSPS) is 21.7. The predicted octanol–water partition coefficient (Wildman–Crippen LogP) is 5.16. The van der Waals surface area contributed by atoms with Crippen molar-refractivity contribution in [1.82, 2.24) is 4.98 Å². The molecule has 4 atom stereocenters. The summed E-state index contributed by atoms with van der Waals surface area (Å²) in [7, 11) is 1.50. The van der Waals surface area contributed by atoms with E-state index in [0.717, 1.165) is 31.2 Å². The number of rotatable bonds is 10. The molecule has 1 fully saturated rings. The van der Waals surface area contributed by atoms with Gasteiger partial charge in [-0.3, -0.25) is 9.59 Å². The average Bonchev–Trinajstić information content (AvgIpc) is 3.32. The molecule has 2 N–H and O–H groups in total. The minimum atomic E-state index is -0.413. The molecule has 6 heteroatoms. The Morgan fingerprint density at radius 2 is 2.06 bits per heavy atom. The molecule has 1 heterocycles. The smallest absolute Gasteiger partial charge is 0.302 e. The standard InChI is InChI=1S/C26H35NO5/c1-4-18-6-9-22(20-11-12-27-16-20)23(13-18)25(32-17(2)28)15-21(29)8-5-19-7-10-24(30)26(14-19)31-3/h7,10-12,14,16,18,22-23,25,27,30H,4-6,8-9,13,15H2,1-3H3/t18-,22-,23+,25+/m1/s1. The van der Waals surface area contributed by atoms with Crippen LogP contribution >= 0.6 is 0 Å². The van der Waals surface area contributed by atoms with E-state index in [1.165, 1.54) is 19.6 Å². The van der Waals surface area contributed by atoms with Crippen LogP contribution in [0.2, 0.25) is 0 Å². The number of aromatic amines is 1. The number of benzene rings is 1. The number of aromatic nitrogens is 1. The number of H-pyrrole nitrogens is 1. The van der Waals surface area contributed by atoms with E-state index in [9.17, 15) is 14.7 Å². The molecule has 6 nitrogen and oxygen atoms in total. The summed E-state index contributed by atoms with van der Waals surface area (Å²) in [6, 6.07) is 7.22. The van der Waals surface area contributed by atoms with E-state index >= 15 is 0 Å². The number of phenols is 1. The monoisotopic (exact) mass is 441 g/mol. The number of aromatic hydroxyl groups is 1. The second kappa shape index (κ2) is 11.2. The Hall–Kier alpha value is -2.76. The van der Waals surface area contributed by atoms with Gasteiger partial charge in [-0.25, -0.2) is 0 Å². The van der Waals surface area contributed by atoms with Crippen molar-refractivity contribution in [3.63, 3.8) is 0 Å². The third-order valence-electron chi connectivity index (χ3n) is 6.80. The number of aryl methyl sites for hydroxylation is 1. The van der Waals surface area contributed by atoms with E-state index in [2.05, 4.69) is 18.0 Å². The maximum atomic E-state index is 12.9. The van der Waals surface area contributed by atoms with Crippen LogP contribution in [0, 0.1) is 11.8 Å². The van der Waals surface area contributed by atoms with Crippen LogP contribution in [0.5, 0.6) is 11.5 Å². The fraction of sp³-hybridized carbons (Fsp3) is 0.538. The van der Waals surface area contributed by atoms with Crippen LogP contribution in [0.1, 0.15) is 69.4 Å². The predicted molar refractivity (Wildman–Crippen MR) is 123 cm³/mol. The van der Waals surface area contributed by atoms with Crippen LogP contribution in [0.3, 0.4) is 0 Å². The van der Waals surface area contributed by atoms with Crippen LogP contribution in [0.25, 0.3) is 0 Å². The number of hydrogen-bond donors (Lipinski definition) is 2. The van der Waals surface area contributed by atoms with E-state index < -0.39 is 6.10 Å². The lowest BCUT2D eigenvalue weighted by Crippen LogP contribution is -2.37. The molecule has 1 saturated carbocycles. The van der Waals surface area contributed by atoms with Crippen LogP contribution in [0.4, 0.5) is 0 Å². The summed E-state index contributed by atoms with van der Waals surface area (Å²) in [6.07, 6.45) is 8.93. The highest BCUT2D eigenvalue weighted by Gasteiger charge is 2.38. The maximum Gasteiger partial charge on any atom is 0.302 e. The minimum absolute atomic E-state index is 0.0785. The lowest BCUT2D eigenvalue weighted by atomic mass is 9.68. The van der Waals surface area contributed by atoms with Gasteiger partial charge in [0.05, 0.1) is 7.11 Å². The number of nitrogens with one attached hydrogen (secondary N) is 1. The number of ketones is 1. The second-order valence-corrected chi connectivity index (χ2v) is 8.90. The second-order valence-electron chi connectivity index (χ2n) is 8.90. The summed E-state index contributed by atoms with van der Waals surface area (Å²) in [4.78, 5) is 28.0. The zero-order chi connectivity index (χ0) is 23.1. The summed E-state index contributed by atoms with van der Waals surface area (Å²) >= 11 is 0. The number of ether oxygens (including phenoxy) is 2. The van der Waals surface area contributed by atoms with E-state index in [1.54, 1.807) is 18.2 Å². The summed E-state index contributed by atoms with van der Waals surface area (Å²) in [5.74, 6) is 1.22. The fourth-order valence-electron chi connectivity index (χ4n) is 5.04. The van der Waals surface area contributed by atoms with Gasteiger partial charge >= 0.3 is 5.97 Å². The highest BCUT2D eigenvalue weighted by molar-refractivity contribution is 5.79. The highest BCUT2D eigenvalue weighted by Crippen LogP contribution is 2.44. The van der Waals surface area contributed by atoms with Crippen molar-refractivity contribution in [2.24, 2.45) is 11.8 Å². The number of carbonyl (C=O) groups is 2. The van der Waals surface area contributed by atoms with E-state index in [1.807, 2.05) is 12.4 Å². The zero-order valence-corrected chi connectivity index (χ0v) is 19.3. The number of methoxy groups -OCH3 is 1. The molecule has 174 valence electrons. The fourth-order valence-corrected chi connectivity index (χ4v) is 5.04. The Balaban J connectivity index is 1.71. The Bertz CT molecular complexity index is 892. The Morgan fingerprint density at radius 3 is 2.72 bits per heavy atom. The average molecular weight is 442 g/mol. The Morgan fingerprint density at radius 1 is 1.25 bits per heavy atom. The van der Waals surface area contributed by atoms with E-state index in [4.69, 9.17) is 9.47 Å². The third-order valence-corrected chi connectivity index (χ3v) is 6.80. The van der Waals surface area contributed by atoms with Gasteiger partial charge in [-0.2, -0.15) is 0 Å². The van der Waals surface area contributed by atoms with Crippen molar-refractivity contribution in [2.45, 2.75) is 70.8 Å². The van der Waals surface area contributed by atoms with Crippen molar-refractivity contribution in [3.8, 4) is 11.5 Å². The van der Waals surface area contributed by atoms with Crippen molar-refractivity contribution in [1.29, 1.82) is 0 Å². The van der Waals surface area contributed by atoms with Gasteiger partial charge in [0.25, 0.3) is 0 Å². The van der Waals surface area contributed by atoms with Gasteiger partial charge < -0.3 is 19.6 Å². The number of Topliss-reactive ketones (excluding diaryl/α,β-unsaturated/α-hetero) is 1. The molecule has 0 unspecified atom stereocenters. The van der Waals surface area contributed by atoms with E-state index in [-0.39, 0.29) is 35.8 Å². The topological polar surface area (TPSA) is 88.6 Å². The largest absolute Gasteiger partial charge is 0.504 e. The molecule has 2 aromatic rings. The lowest BCUT2D eigenvalue weighted by Gasteiger charge is -2.39. The first-order valence-electron chi connectivity index (χ1n) is 11.6. The molecule has 1 aliphatic carbocycles. The van der Waals surface area contributed by atoms with Gasteiger partial charge in [-0.1, -0.05) is 19.4 Å². The van der Waals surface area contributed by atoms with Crippen molar-refractivity contribution >= 4 is 11.8 Å². The molecule has 0 radical (unpaired) electrons. The molecule has 1 aromatic carbocycles. The first-order valence-corrected chi connectivity index (χ1v) is 11.6. The molecule has 0 spiro atoms. The summed E-state index contributed by atoms with van der Waals surface area (Å²) in [5.41, 5.74) is 2.15. The van der Waals surface area contributed by atoms with Gasteiger partial charge in [-0.05, 0) is 66.8 Å². The minimum Gasteiger partial charge on any atom is -0.504 e. The SMILES string of the molecule is CC[C@@H]1CC[C@H](c2cc[nH]c2)[C@@H]([C@H](CC(=O)CCc2ccc(O)c(OC)c2)OC(C)=O)C1. The zero-order valence-electron chi connectivity index (χ0n) is 19.3. The Labute approximate surface area is 190 Å². The molecule has 1 aromatic heterocycles. The number of phenolic OH excluding ortho intramolecular Hbond substituents is 1. The van der Waals surface area contributed by atoms with Gasteiger partial charge in [0.15, 0.2) is 11.5 Å². The van der Waals surface area contributed by atoms with E-state index in [0.29, 0.717) is 24.5 Å².